The van der Waals surface area contributed by atoms with Crippen molar-refractivity contribution in [2.45, 2.75) is 38.7 Å². The molecule has 1 fully saturated rings. The minimum atomic E-state index is -0.480. The van der Waals surface area contributed by atoms with Crippen LogP contribution in [0.4, 0.5) is 4.79 Å². The van der Waals surface area contributed by atoms with Crippen molar-refractivity contribution in [3.8, 4) is 0 Å². The fraction of sp³-hybridized carbons (Fsp3) is 0.643. The van der Waals surface area contributed by atoms with E-state index in [1.807, 2.05) is 20.8 Å². The minimum Gasteiger partial charge on any atom is -0.444 e. The van der Waals surface area contributed by atoms with Crippen LogP contribution in [0.15, 0.2) is 6.20 Å². The molecule has 1 aliphatic heterocycles. The van der Waals surface area contributed by atoms with Crippen molar-refractivity contribution in [2.24, 2.45) is 0 Å². The van der Waals surface area contributed by atoms with Gasteiger partial charge in [0.2, 0.25) is 0 Å². The number of aromatic nitrogens is 1. The number of hydrogen-bond donors (Lipinski definition) is 0. The van der Waals surface area contributed by atoms with Crippen molar-refractivity contribution in [3.05, 3.63) is 16.1 Å². The molecule has 1 unspecified atom stereocenters. The predicted molar refractivity (Wildman–Crippen MR) is 85.4 cm³/mol. The van der Waals surface area contributed by atoms with E-state index in [2.05, 4.69) is 20.9 Å². The third-order valence-corrected chi connectivity index (χ3v) is 4.82. The second-order valence-corrected chi connectivity index (χ2v) is 7.65. The first kappa shape index (κ1) is 16.4. The van der Waals surface area contributed by atoms with Crippen molar-refractivity contribution < 1.29 is 14.3 Å². The Morgan fingerprint density at radius 2 is 2.24 bits per heavy atom. The van der Waals surface area contributed by atoms with Crippen LogP contribution in [0.25, 0.3) is 0 Å². The van der Waals surface area contributed by atoms with Crippen LogP contribution < -0.4 is 0 Å². The lowest BCUT2D eigenvalue weighted by molar-refractivity contribution is 0.0292. The normalized spacial score (nSPS) is 18.9. The van der Waals surface area contributed by atoms with E-state index in [4.69, 9.17) is 4.74 Å². The van der Waals surface area contributed by atoms with Crippen molar-refractivity contribution in [1.29, 1.82) is 0 Å². The van der Waals surface area contributed by atoms with Crippen molar-refractivity contribution in [2.75, 3.05) is 18.4 Å². The molecule has 0 saturated carbocycles. The molecule has 116 valence electrons. The van der Waals surface area contributed by atoms with Crippen LogP contribution in [-0.4, -0.2) is 45.8 Å². The molecular weight excluding hydrogens is 356 g/mol. The van der Waals surface area contributed by atoms with Gasteiger partial charge in [-0.1, -0.05) is 15.9 Å². The van der Waals surface area contributed by atoms with Crippen LogP contribution in [0.5, 0.6) is 0 Å². The highest BCUT2D eigenvalue weighted by Gasteiger charge is 2.32. The van der Waals surface area contributed by atoms with Gasteiger partial charge in [-0.15, -0.1) is 11.3 Å². The summed E-state index contributed by atoms with van der Waals surface area (Å²) in [6.45, 7) is 6.84. The van der Waals surface area contributed by atoms with Gasteiger partial charge in [-0.3, -0.25) is 4.79 Å². The van der Waals surface area contributed by atoms with Gasteiger partial charge in [0.1, 0.15) is 5.60 Å². The number of carbonyl (C=O) groups excluding carboxylic acids is 2. The quantitative estimate of drug-likeness (QED) is 0.600. The first-order valence-electron chi connectivity index (χ1n) is 6.83. The lowest BCUT2D eigenvalue weighted by atomic mass is 10.1. The summed E-state index contributed by atoms with van der Waals surface area (Å²) in [5, 5.41) is 1.23. The molecule has 0 radical (unpaired) electrons. The number of rotatable bonds is 3. The number of carbonyl (C=O) groups is 2. The number of likely N-dealkylation sites (tertiary alicyclic amines) is 1. The van der Waals surface area contributed by atoms with Crippen LogP contribution >= 0.6 is 27.3 Å². The maximum Gasteiger partial charge on any atom is 0.410 e. The number of ketones is 1. The van der Waals surface area contributed by atoms with Crippen LogP contribution in [0, 0.1) is 0 Å². The number of hydrogen-bond acceptors (Lipinski definition) is 5. The summed E-state index contributed by atoms with van der Waals surface area (Å²) in [6, 6.07) is 0. The summed E-state index contributed by atoms with van der Waals surface area (Å²) >= 11 is 4.58. The number of ether oxygens (including phenoxy) is 1. The Kier molecular flexibility index (Phi) is 5.03. The first-order valence-corrected chi connectivity index (χ1v) is 8.77. The smallest absolute Gasteiger partial charge is 0.410 e. The van der Waals surface area contributed by atoms with E-state index >= 15 is 0 Å². The molecule has 7 heteroatoms. The van der Waals surface area contributed by atoms with Crippen LogP contribution in [0.1, 0.15) is 47.8 Å². The van der Waals surface area contributed by atoms with Crippen LogP contribution in [0.3, 0.4) is 0 Å². The summed E-state index contributed by atoms with van der Waals surface area (Å²) in [4.78, 5) is 30.3. The molecular formula is C14H19BrN2O3S. The molecule has 1 atom stereocenters. The average molecular weight is 375 g/mol. The largest absolute Gasteiger partial charge is 0.444 e. The third kappa shape index (κ3) is 4.26. The van der Waals surface area contributed by atoms with E-state index in [0.29, 0.717) is 23.3 Å². The molecule has 2 heterocycles. The molecule has 1 amide bonds. The monoisotopic (exact) mass is 374 g/mol. The van der Waals surface area contributed by atoms with Gasteiger partial charge in [0.05, 0.1) is 15.2 Å². The molecule has 0 bridgehead atoms. The number of halogens is 1. The zero-order chi connectivity index (χ0) is 15.6. The van der Waals surface area contributed by atoms with Gasteiger partial charge in [-0.2, -0.15) is 0 Å². The number of alkyl halides is 1. The highest BCUT2D eigenvalue weighted by molar-refractivity contribution is 9.09. The summed E-state index contributed by atoms with van der Waals surface area (Å²) < 4.78 is 5.38. The van der Waals surface area contributed by atoms with Crippen LogP contribution in [0.2, 0.25) is 0 Å². The SMILES string of the molecule is CC(C)(C)OC(=O)N1CCC(c2ncc(C(=O)CBr)s2)C1. The molecule has 1 aliphatic rings. The number of Topliss-reactive ketones (excluding diaryl/α,β-unsaturated/α-hetero) is 1. The fourth-order valence-electron chi connectivity index (χ4n) is 2.13. The molecule has 1 aromatic heterocycles. The lowest BCUT2D eigenvalue weighted by Gasteiger charge is -2.24. The van der Waals surface area contributed by atoms with Gasteiger partial charge in [0.25, 0.3) is 0 Å². The van der Waals surface area contributed by atoms with Crippen molar-refractivity contribution >= 4 is 39.1 Å². The first-order chi connectivity index (χ1) is 9.80. The van der Waals surface area contributed by atoms with Crippen molar-refractivity contribution in [3.63, 3.8) is 0 Å². The zero-order valence-corrected chi connectivity index (χ0v) is 14.8. The van der Waals surface area contributed by atoms with Crippen molar-refractivity contribution in [1.82, 2.24) is 9.88 Å². The second kappa shape index (κ2) is 6.44. The van der Waals surface area contributed by atoms with Gasteiger partial charge in [-0.25, -0.2) is 9.78 Å². The van der Waals surface area contributed by atoms with Gasteiger partial charge >= 0.3 is 6.09 Å². The molecule has 0 aliphatic carbocycles. The van der Waals surface area contributed by atoms with E-state index in [-0.39, 0.29) is 17.8 Å². The fourth-order valence-corrected chi connectivity index (χ4v) is 3.59. The lowest BCUT2D eigenvalue weighted by Crippen LogP contribution is -2.35. The molecule has 0 aromatic carbocycles. The standard InChI is InChI=1S/C14H19BrN2O3S/c1-14(2,3)20-13(19)17-5-4-9(8-17)12-16-7-11(21-12)10(18)6-15/h7,9H,4-6,8H2,1-3H3. The van der Waals surface area contributed by atoms with Gasteiger partial charge in [0, 0.05) is 25.2 Å². The minimum absolute atomic E-state index is 0.0424. The Bertz CT molecular complexity index is 539. The van der Waals surface area contributed by atoms with Crippen LogP contribution in [-0.2, 0) is 4.74 Å². The van der Waals surface area contributed by atoms with E-state index in [0.717, 1.165) is 11.4 Å². The molecule has 21 heavy (non-hydrogen) atoms. The maximum absolute atomic E-state index is 12.0. The van der Waals surface area contributed by atoms with E-state index < -0.39 is 5.60 Å². The van der Waals surface area contributed by atoms with E-state index in [1.54, 1.807) is 11.1 Å². The van der Waals surface area contributed by atoms with E-state index in [9.17, 15) is 9.59 Å². The molecule has 0 spiro atoms. The average Bonchev–Trinajstić information content (AvgIpc) is 3.04. The Morgan fingerprint density at radius 3 is 2.86 bits per heavy atom. The van der Waals surface area contributed by atoms with Gasteiger partial charge in [0.15, 0.2) is 5.78 Å². The summed E-state index contributed by atoms with van der Waals surface area (Å²) in [5.74, 6) is 0.236. The highest BCUT2D eigenvalue weighted by atomic mass is 79.9. The Morgan fingerprint density at radius 1 is 1.52 bits per heavy atom. The number of amides is 1. The predicted octanol–water partition coefficient (Wildman–Crippen LogP) is 3.45. The Labute approximate surface area is 136 Å². The molecule has 5 nitrogen and oxygen atoms in total. The molecule has 1 saturated heterocycles. The highest BCUT2D eigenvalue weighted by Crippen LogP contribution is 2.31. The zero-order valence-electron chi connectivity index (χ0n) is 12.4. The molecule has 0 N–H and O–H groups in total. The Hall–Kier alpha value is -0.950. The Balaban J connectivity index is 1.97. The number of nitrogens with zero attached hydrogens (tertiary/aromatic N) is 2. The van der Waals surface area contributed by atoms with E-state index in [1.165, 1.54) is 11.3 Å². The molecule has 2 rings (SSSR count). The summed E-state index contributed by atoms with van der Waals surface area (Å²) in [6.07, 6.45) is 2.20. The topological polar surface area (TPSA) is 59.5 Å². The van der Waals surface area contributed by atoms with Gasteiger partial charge in [-0.05, 0) is 27.2 Å². The third-order valence-electron chi connectivity index (χ3n) is 3.11. The van der Waals surface area contributed by atoms with Gasteiger partial charge < -0.3 is 9.64 Å². The summed E-state index contributed by atoms with van der Waals surface area (Å²) in [7, 11) is 0. The molecule has 1 aromatic rings. The second-order valence-electron chi connectivity index (χ2n) is 6.03. The summed E-state index contributed by atoms with van der Waals surface area (Å²) in [5.41, 5.74) is -0.480. The number of thiazole rings is 1. The maximum atomic E-state index is 12.0.